The van der Waals surface area contributed by atoms with E-state index in [1.807, 2.05) is 0 Å². The molecule has 0 aliphatic heterocycles. The third-order valence-electron chi connectivity index (χ3n) is 2.99. The van der Waals surface area contributed by atoms with E-state index in [4.69, 9.17) is 0 Å². The number of aromatic nitrogens is 1. The molecule has 2 N–H and O–H groups in total. The van der Waals surface area contributed by atoms with E-state index in [9.17, 15) is 9.59 Å². The summed E-state index contributed by atoms with van der Waals surface area (Å²) in [6, 6.07) is 1.89. The van der Waals surface area contributed by atoms with Gasteiger partial charge >= 0.3 is 0 Å². The standard InChI is InChI=1S/C14H19N3O2/c1-2-3-6-16-13(18)10-7-11(9-15-8-10)14(19)17-12-4-5-12/h7-9,12H,2-6H2,1H3,(H,16,18)(H,17,19). The fourth-order valence-electron chi connectivity index (χ4n) is 1.67. The van der Waals surface area contributed by atoms with Gasteiger partial charge in [0.25, 0.3) is 11.8 Å². The predicted octanol–water partition coefficient (Wildman–Crippen LogP) is 1.50. The van der Waals surface area contributed by atoms with E-state index in [2.05, 4.69) is 22.5 Å². The third kappa shape index (κ3) is 4.05. The first-order valence-corrected chi connectivity index (χ1v) is 6.75. The van der Waals surface area contributed by atoms with Crippen molar-refractivity contribution in [3.63, 3.8) is 0 Å². The van der Waals surface area contributed by atoms with E-state index in [1.165, 1.54) is 12.4 Å². The molecule has 102 valence electrons. The van der Waals surface area contributed by atoms with Crippen LogP contribution in [0.5, 0.6) is 0 Å². The van der Waals surface area contributed by atoms with Gasteiger partial charge in [-0.25, -0.2) is 0 Å². The Hall–Kier alpha value is -1.91. The summed E-state index contributed by atoms with van der Waals surface area (Å²) in [5.74, 6) is -0.333. The van der Waals surface area contributed by atoms with Crippen LogP contribution in [0.3, 0.4) is 0 Å². The second kappa shape index (κ2) is 6.31. The van der Waals surface area contributed by atoms with Crippen molar-refractivity contribution in [2.75, 3.05) is 6.54 Å². The van der Waals surface area contributed by atoms with Gasteiger partial charge in [-0.1, -0.05) is 13.3 Å². The molecular formula is C14H19N3O2. The summed E-state index contributed by atoms with van der Waals surface area (Å²) >= 11 is 0. The van der Waals surface area contributed by atoms with Gasteiger partial charge in [-0.3, -0.25) is 14.6 Å². The molecule has 1 saturated carbocycles. The van der Waals surface area contributed by atoms with Crippen LogP contribution < -0.4 is 10.6 Å². The minimum Gasteiger partial charge on any atom is -0.352 e. The molecule has 1 aromatic heterocycles. The number of hydrogen-bond donors (Lipinski definition) is 2. The fourth-order valence-corrected chi connectivity index (χ4v) is 1.67. The highest BCUT2D eigenvalue weighted by Gasteiger charge is 2.24. The van der Waals surface area contributed by atoms with Gasteiger partial charge in [0, 0.05) is 25.0 Å². The van der Waals surface area contributed by atoms with Crippen LogP contribution in [0, 0.1) is 0 Å². The van der Waals surface area contributed by atoms with E-state index in [0.717, 1.165) is 25.7 Å². The largest absolute Gasteiger partial charge is 0.352 e. The SMILES string of the molecule is CCCCNC(=O)c1cncc(C(=O)NC2CC2)c1. The lowest BCUT2D eigenvalue weighted by Gasteiger charge is -2.06. The summed E-state index contributed by atoms with van der Waals surface area (Å²) in [6.07, 6.45) is 7.02. The molecule has 1 fully saturated rings. The van der Waals surface area contributed by atoms with E-state index in [1.54, 1.807) is 6.07 Å². The molecule has 0 unspecified atom stereocenters. The Bertz CT molecular complexity index is 470. The second-order valence-electron chi connectivity index (χ2n) is 4.82. The Morgan fingerprint density at radius 1 is 1.26 bits per heavy atom. The Balaban J connectivity index is 1.97. The van der Waals surface area contributed by atoms with Crippen molar-refractivity contribution in [2.24, 2.45) is 0 Å². The van der Waals surface area contributed by atoms with Crippen LogP contribution in [0.2, 0.25) is 0 Å². The Labute approximate surface area is 112 Å². The number of unbranched alkanes of at least 4 members (excludes halogenated alkanes) is 1. The first kappa shape index (κ1) is 13.5. The summed E-state index contributed by atoms with van der Waals surface area (Å²) in [4.78, 5) is 27.7. The van der Waals surface area contributed by atoms with Crippen LogP contribution in [0.25, 0.3) is 0 Å². The van der Waals surface area contributed by atoms with Crippen molar-refractivity contribution in [3.8, 4) is 0 Å². The number of nitrogens with one attached hydrogen (secondary N) is 2. The molecule has 1 aliphatic rings. The summed E-state index contributed by atoms with van der Waals surface area (Å²) in [7, 11) is 0. The van der Waals surface area contributed by atoms with E-state index in [0.29, 0.717) is 23.7 Å². The van der Waals surface area contributed by atoms with Crippen LogP contribution in [0.1, 0.15) is 53.3 Å². The zero-order chi connectivity index (χ0) is 13.7. The van der Waals surface area contributed by atoms with Crippen LogP contribution in [-0.4, -0.2) is 29.4 Å². The maximum absolute atomic E-state index is 11.8. The molecule has 2 rings (SSSR count). The van der Waals surface area contributed by atoms with Gasteiger partial charge in [0.05, 0.1) is 11.1 Å². The van der Waals surface area contributed by atoms with Gasteiger partial charge in [-0.05, 0) is 25.3 Å². The van der Waals surface area contributed by atoms with Crippen molar-refractivity contribution in [1.82, 2.24) is 15.6 Å². The van der Waals surface area contributed by atoms with Crippen LogP contribution in [0.4, 0.5) is 0 Å². The molecule has 1 aliphatic carbocycles. The van der Waals surface area contributed by atoms with Crippen molar-refractivity contribution in [1.29, 1.82) is 0 Å². The summed E-state index contributed by atoms with van der Waals surface area (Å²) in [5.41, 5.74) is 0.870. The van der Waals surface area contributed by atoms with Crippen molar-refractivity contribution in [3.05, 3.63) is 29.6 Å². The first-order valence-electron chi connectivity index (χ1n) is 6.75. The quantitative estimate of drug-likeness (QED) is 0.762. The molecule has 0 spiro atoms. The minimum absolute atomic E-state index is 0.154. The maximum atomic E-state index is 11.8. The van der Waals surface area contributed by atoms with Crippen LogP contribution in [0.15, 0.2) is 18.5 Å². The average Bonchev–Trinajstić information content (AvgIpc) is 3.23. The lowest BCUT2D eigenvalue weighted by Crippen LogP contribution is -2.27. The molecule has 5 nitrogen and oxygen atoms in total. The zero-order valence-corrected chi connectivity index (χ0v) is 11.1. The van der Waals surface area contributed by atoms with E-state index < -0.39 is 0 Å². The molecular weight excluding hydrogens is 242 g/mol. The van der Waals surface area contributed by atoms with Gasteiger partial charge in [0.15, 0.2) is 0 Å². The van der Waals surface area contributed by atoms with Crippen molar-refractivity contribution < 1.29 is 9.59 Å². The molecule has 0 aromatic carbocycles. The van der Waals surface area contributed by atoms with Gasteiger partial charge < -0.3 is 10.6 Å². The smallest absolute Gasteiger partial charge is 0.253 e. The summed E-state index contributed by atoms with van der Waals surface area (Å²) < 4.78 is 0. The summed E-state index contributed by atoms with van der Waals surface area (Å²) in [6.45, 7) is 2.71. The summed E-state index contributed by atoms with van der Waals surface area (Å²) in [5, 5.41) is 5.69. The highest BCUT2D eigenvalue weighted by Crippen LogP contribution is 2.19. The number of pyridine rings is 1. The monoisotopic (exact) mass is 261 g/mol. The molecule has 5 heteroatoms. The second-order valence-corrected chi connectivity index (χ2v) is 4.82. The fraction of sp³-hybridized carbons (Fsp3) is 0.500. The van der Waals surface area contributed by atoms with Gasteiger partial charge in [0.1, 0.15) is 0 Å². The first-order chi connectivity index (χ1) is 9.20. The van der Waals surface area contributed by atoms with Crippen molar-refractivity contribution in [2.45, 2.75) is 38.6 Å². The normalized spacial score (nSPS) is 13.9. The van der Waals surface area contributed by atoms with E-state index in [-0.39, 0.29) is 11.8 Å². The van der Waals surface area contributed by atoms with E-state index >= 15 is 0 Å². The molecule has 2 amide bonds. The molecule has 0 bridgehead atoms. The topological polar surface area (TPSA) is 71.1 Å². The average molecular weight is 261 g/mol. The molecule has 0 saturated heterocycles. The number of hydrogen-bond acceptors (Lipinski definition) is 3. The van der Waals surface area contributed by atoms with Gasteiger partial charge in [0.2, 0.25) is 0 Å². The molecule has 1 aromatic rings. The molecule has 0 atom stereocenters. The predicted molar refractivity (Wildman–Crippen MR) is 72.0 cm³/mol. The highest BCUT2D eigenvalue weighted by atomic mass is 16.2. The number of amides is 2. The number of nitrogens with zero attached hydrogens (tertiary/aromatic N) is 1. The van der Waals surface area contributed by atoms with Gasteiger partial charge in [-0.2, -0.15) is 0 Å². The number of carbonyl (C=O) groups is 2. The zero-order valence-electron chi connectivity index (χ0n) is 11.1. The highest BCUT2D eigenvalue weighted by molar-refractivity contribution is 5.99. The number of carbonyl (C=O) groups excluding carboxylic acids is 2. The molecule has 0 radical (unpaired) electrons. The maximum Gasteiger partial charge on any atom is 0.253 e. The number of rotatable bonds is 6. The lowest BCUT2D eigenvalue weighted by molar-refractivity contribution is 0.0950. The minimum atomic E-state index is -0.179. The van der Waals surface area contributed by atoms with Crippen LogP contribution in [-0.2, 0) is 0 Å². The molecule has 19 heavy (non-hydrogen) atoms. The molecule has 1 heterocycles. The lowest BCUT2D eigenvalue weighted by atomic mass is 10.2. The van der Waals surface area contributed by atoms with Crippen molar-refractivity contribution >= 4 is 11.8 Å². The van der Waals surface area contributed by atoms with Gasteiger partial charge in [-0.15, -0.1) is 0 Å². The Kier molecular flexibility index (Phi) is 4.49. The Morgan fingerprint density at radius 3 is 2.58 bits per heavy atom. The Morgan fingerprint density at radius 2 is 1.95 bits per heavy atom. The van der Waals surface area contributed by atoms with Crippen LogP contribution >= 0.6 is 0 Å². The third-order valence-corrected chi connectivity index (χ3v) is 2.99.